The van der Waals surface area contributed by atoms with Crippen molar-refractivity contribution < 1.29 is 9.90 Å². The van der Waals surface area contributed by atoms with Crippen molar-refractivity contribution >= 4 is 37.6 Å². The highest BCUT2D eigenvalue weighted by molar-refractivity contribution is 7.25. The maximum atomic E-state index is 11.9. The van der Waals surface area contributed by atoms with E-state index in [1.54, 1.807) is 0 Å². The number of pyridine rings is 1. The normalized spacial score (nSPS) is 11.1. The number of aromatic amines is 1. The molecule has 4 nitrogen and oxygen atoms in total. The predicted octanol–water partition coefficient (Wildman–Crippen LogP) is 2.44. The third kappa shape index (κ3) is 1.36. The van der Waals surface area contributed by atoms with Crippen LogP contribution < -0.4 is 5.43 Å². The van der Waals surface area contributed by atoms with Crippen LogP contribution >= 0.6 is 11.3 Å². The van der Waals surface area contributed by atoms with Crippen LogP contribution in [0.4, 0.5) is 0 Å². The van der Waals surface area contributed by atoms with Gasteiger partial charge in [0.2, 0.25) is 5.43 Å². The highest BCUT2D eigenvalue weighted by atomic mass is 32.1. The lowest BCUT2D eigenvalue weighted by molar-refractivity contribution is 0.0695. The number of carbonyl (C=O) groups is 1. The lowest BCUT2D eigenvalue weighted by Gasteiger charge is -1.94. The molecular weight excluding hydrogens is 238 g/mol. The summed E-state index contributed by atoms with van der Waals surface area (Å²) in [5.74, 6) is -1.20. The number of aromatic carboxylic acids is 1. The molecule has 2 heterocycles. The minimum atomic E-state index is -1.20. The first-order valence-electron chi connectivity index (χ1n) is 4.94. The van der Waals surface area contributed by atoms with Crippen LogP contribution in [0.3, 0.4) is 0 Å². The largest absolute Gasteiger partial charge is 0.477 e. The number of fused-ring (bicyclic) bond motifs is 3. The quantitative estimate of drug-likeness (QED) is 0.691. The molecule has 0 spiro atoms. The van der Waals surface area contributed by atoms with Crippen LogP contribution in [-0.4, -0.2) is 16.1 Å². The van der Waals surface area contributed by atoms with Crippen LogP contribution in [-0.2, 0) is 0 Å². The van der Waals surface area contributed by atoms with Gasteiger partial charge in [0.15, 0.2) is 0 Å². The number of carboxylic acids is 1. The second-order valence-electron chi connectivity index (χ2n) is 3.64. The van der Waals surface area contributed by atoms with E-state index < -0.39 is 11.4 Å². The molecule has 0 unspecified atom stereocenters. The van der Waals surface area contributed by atoms with Gasteiger partial charge in [-0.1, -0.05) is 18.2 Å². The summed E-state index contributed by atoms with van der Waals surface area (Å²) in [6.45, 7) is 0. The first-order chi connectivity index (χ1) is 8.18. The molecule has 0 bridgehead atoms. The Labute approximate surface area is 99.1 Å². The predicted molar refractivity (Wildman–Crippen MR) is 66.9 cm³/mol. The van der Waals surface area contributed by atoms with Crippen LogP contribution in [0.15, 0.2) is 35.3 Å². The van der Waals surface area contributed by atoms with Gasteiger partial charge in [-0.15, -0.1) is 11.3 Å². The van der Waals surface area contributed by atoms with Crippen molar-refractivity contribution in [2.45, 2.75) is 0 Å². The Morgan fingerprint density at radius 2 is 2.06 bits per heavy atom. The Kier molecular flexibility index (Phi) is 2.02. The summed E-state index contributed by atoms with van der Waals surface area (Å²) in [6.07, 6.45) is 1.26. The van der Waals surface area contributed by atoms with E-state index in [1.807, 2.05) is 24.3 Å². The molecule has 3 rings (SSSR count). The molecule has 2 aromatic heterocycles. The van der Waals surface area contributed by atoms with Gasteiger partial charge < -0.3 is 10.1 Å². The van der Waals surface area contributed by atoms with E-state index >= 15 is 0 Å². The van der Waals surface area contributed by atoms with Gasteiger partial charge in [0.1, 0.15) is 10.3 Å². The molecule has 0 fully saturated rings. The Bertz CT molecular complexity index is 800. The van der Waals surface area contributed by atoms with E-state index in [1.165, 1.54) is 17.5 Å². The van der Waals surface area contributed by atoms with Crippen LogP contribution in [0, 0.1) is 0 Å². The summed E-state index contributed by atoms with van der Waals surface area (Å²) in [4.78, 5) is 25.7. The molecule has 0 aliphatic rings. The average molecular weight is 245 g/mol. The monoisotopic (exact) mass is 245 g/mol. The Morgan fingerprint density at radius 1 is 1.29 bits per heavy atom. The molecule has 1 aromatic carbocycles. The topological polar surface area (TPSA) is 70.2 Å². The second kappa shape index (κ2) is 3.43. The van der Waals surface area contributed by atoms with E-state index in [2.05, 4.69) is 4.98 Å². The minimum absolute atomic E-state index is 0.218. The van der Waals surface area contributed by atoms with Gasteiger partial charge in [0, 0.05) is 16.3 Å². The second-order valence-corrected chi connectivity index (χ2v) is 4.69. The minimum Gasteiger partial charge on any atom is -0.477 e. The highest BCUT2D eigenvalue weighted by Crippen LogP contribution is 2.30. The van der Waals surface area contributed by atoms with Gasteiger partial charge in [-0.2, -0.15) is 0 Å². The molecule has 0 aliphatic carbocycles. The number of hydrogen-bond donors (Lipinski definition) is 2. The van der Waals surface area contributed by atoms with Crippen LogP contribution in [0.25, 0.3) is 20.3 Å². The van der Waals surface area contributed by atoms with E-state index in [4.69, 9.17) is 5.11 Å². The van der Waals surface area contributed by atoms with Crippen molar-refractivity contribution in [3.63, 3.8) is 0 Å². The number of rotatable bonds is 1. The summed E-state index contributed by atoms with van der Waals surface area (Å²) in [5.41, 5.74) is 0.0668. The van der Waals surface area contributed by atoms with E-state index in [-0.39, 0.29) is 5.56 Å². The van der Waals surface area contributed by atoms with Crippen molar-refractivity contribution in [2.75, 3.05) is 0 Å². The lowest BCUT2D eigenvalue weighted by Crippen LogP contribution is -2.13. The summed E-state index contributed by atoms with van der Waals surface area (Å²) in [5, 5.41) is 9.83. The zero-order valence-electron chi connectivity index (χ0n) is 8.56. The maximum absolute atomic E-state index is 11.9. The van der Waals surface area contributed by atoms with Crippen molar-refractivity contribution in [3.8, 4) is 0 Å². The molecular formula is C12H7NO3S. The van der Waals surface area contributed by atoms with Gasteiger partial charge in [0.25, 0.3) is 0 Å². The lowest BCUT2D eigenvalue weighted by atomic mass is 10.2. The standard InChI is InChI=1S/C12H7NO3S/c14-10-7(12(15)16)5-13-9-6-3-1-2-4-8(6)17-11(9)10/h1-5H,(H,13,14)(H,15,16). The fraction of sp³-hybridized carbons (Fsp3) is 0. The highest BCUT2D eigenvalue weighted by Gasteiger charge is 2.14. The summed E-state index contributed by atoms with van der Waals surface area (Å²) in [7, 11) is 0. The molecule has 5 heteroatoms. The SMILES string of the molecule is O=C(O)c1c[nH]c2c(sc3ccccc32)c1=O. The van der Waals surface area contributed by atoms with Crippen molar-refractivity contribution in [1.82, 2.24) is 4.98 Å². The van der Waals surface area contributed by atoms with Crippen molar-refractivity contribution in [3.05, 3.63) is 46.2 Å². The molecule has 17 heavy (non-hydrogen) atoms. The smallest absolute Gasteiger partial charge is 0.341 e. The summed E-state index contributed by atoms with van der Waals surface area (Å²) in [6, 6.07) is 7.59. The number of carboxylic acid groups (broad SMARTS) is 1. The third-order valence-electron chi connectivity index (χ3n) is 2.64. The van der Waals surface area contributed by atoms with E-state index in [9.17, 15) is 9.59 Å². The molecule has 0 radical (unpaired) electrons. The molecule has 2 N–H and O–H groups in total. The number of H-pyrrole nitrogens is 1. The Balaban J connectivity index is 2.53. The van der Waals surface area contributed by atoms with Crippen LogP contribution in [0.2, 0.25) is 0 Å². The number of hydrogen-bond acceptors (Lipinski definition) is 3. The third-order valence-corrected chi connectivity index (χ3v) is 3.81. The van der Waals surface area contributed by atoms with Gasteiger partial charge in [0.05, 0.1) is 5.52 Å². The van der Waals surface area contributed by atoms with Gasteiger partial charge in [-0.3, -0.25) is 4.79 Å². The fourth-order valence-corrected chi connectivity index (χ4v) is 2.96. The molecule has 0 atom stereocenters. The van der Waals surface area contributed by atoms with E-state index in [0.717, 1.165) is 10.1 Å². The van der Waals surface area contributed by atoms with Crippen molar-refractivity contribution in [1.29, 1.82) is 0 Å². The van der Waals surface area contributed by atoms with Crippen molar-refractivity contribution in [2.24, 2.45) is 0 Å². The first-order valence-corrected chi connectivity index (χ1v) is 5.76. The summed E-state index contributed by atoms with van der Waals surface area (Å²) >= 11 is 1.31. The average Bonchev–Trinajstić information content (AvgIpc) is 2.69. The number of nitrogens with one attached hydrogen (secondary N) is 1. The molecule has 84 valence electrons. The molecule has 3 aromatic rings. The molecule has 0 saturated heterocycles. The fourth-order valence-electron chi connectivity index (χ4n) is 1.84. The Hall–Kier alpha value is -2.14. The van der Waals surface area contributed by atoms with Crippen LogP contribution in [0.5, 0.6) is 0 Å². The van der Waals surface area contributed by atoms with Gasteiger partial charge >= 0.3 is 5.97 Å². The zero-order valence-corrected chi connectivity index (χ0v) is 9.38. The number of benzene rings is 1. The van der Waals surface area contributed by atoms with Crippen LogP contribution in [0.1, 0.15) is 10.4 Å². The van der Waals surface area contributed by atoms with Gasteiger partial charge in [-0.05, 0) is 6.07 Å². The summed E-state index contributed by atoms with van der Waals surface area (Å²) < 4.78 is 1.43. The Morgan fingerprint density at radius 3 is 2.82 bits per heavy atom. The molecule has 0 aliphatic heterocycles. The molecule has 0 saturated carbocycles. The van der Waals surface area contributed by atoms with E-state index in [0.29, 0.717) is 10.2 Å². The molecule has 0 amide bonds. The van der Waals surface area contributed by atoms with Gasteiger partial charge in [-0.25, -0.2) is 4.79 Å². The zero-order chi connectivity index (χ0) is 12.0. The first kappa shape index (κ1) is 10.0. The maximum Gasteiger partial charge on any atom is 0.341 e. The number of thiophene rings is 1. The number of aromatic nitrogens is 1.